The molecule has 7 heteroatoms. The molecule has 0 radical (unpaired) electrons. The molecule has 2 aromatic rings. The van der Waals surface area contributed by atoms with Crippen molar-refractivity contribution in [2.75, 3.05) is 16.8 Å². The van der Waals surface area contributed by atoms with Gasteiger partial charge in [-0.3, -0.25) is 14.9 Å². The van der Waals surface area contributed by atoms with E-state index in [2.05, 4.69) is 31.0 Å². The van der Waals surface area contributed by atoms with Gasteiger partial charge in [-0.2, -0.15) is 0 Å². The van der Waals surface area contributed by atoms with Crippen LogP contribution in [0.2, 0.25) is 5.02 Å². The minimum absolute atomic E-state index is 0.00844. The molecule has 0 aliphatic carbocycles. The number of rotatable bonds is 2. The monoisotopic (exact) mass is 437 g/mol. The molecule has 0 saturated carbocycles. The van der Waals surface area contributed by atoms with E-state index in [1.165, 1.54) is 6.08 Å². The van der Waals surface area contributed by atoms with E-state index >= 15 is 0 Å². The lowest BCUT2D eigenvalue weighted by molar-refractivity contribution is -0.122. The molecule has 1 unspecified atom stereocenters. The highest BCUT2D eigenvalue weighted by Gasteiger charge is 2.38. The molecule has 2 aromatic carbocycles. The molecular weight excluding hydrogens is 414 g/mol. The van der Waals surface area contributed by atoms with Crippen molar-refractivity contribution in [1.29, 1.82) is 0 Å². The maximum Gasteiger partial charge on any atom is 0.335 e. The van der Waals surface area contributed by atoms with Crippen molar-refractivity contribution in [2.24, 2.45) is 0 Å². The van der Waals surface area contributed by atoms with Crippen LogP contribution in [0, 0.1) is 0 Å². The molecule has 160 valence electrons. The maximum atomic E-state index is 13.1. The zero-order chi connectivity index (χ0) is 22.5. The Labute approximate surface area is 186 Å². The van der Waals surface area contributed by atoms with E-state index in [4.69, 9.17) is 11.6 Å². The van der Waals surface area contributed by atoms with Gasteiger partial charge in [0.15, 0.2) is 0 Å². The number of barbiturate groups is 1. The van der Waals surface area contributed by atoms with E-state index in [1.807, 2.05) is 19.2 Å². The highest BCUT2D eigenvalue weighted by atomic mass is 35.5. The molecule has 0 aromatic heterocycles. The van der Waals surface area contributed by atoms with Crippen molar-refractivity contribution < 1.29 is 14.4 Å². The molecule has 1 saturated heterocycles. The smallest absolute Gasteiger partial charge is 0.335 e. The minimum atomic E-state index is -0.771. The maximum absolute atomic E-state index is 13.1. The van der Waals surface area contributed by atoms with E-state index in [9.17, 15) is 14.4 Å². The molecule has 0 bridgehead atoms. The van der Waals surface area contributed by atoms with Gasteiger partial charge >= 0.3 is 6.03 Å². The van der Waals surface area contributed by atoms with E-state index in [-0.39, 0.29) is 17.0 Å². The third-order valence-corrected chi connectivity index (χ3v) is 6.50. The van der Waals surface area contributed by atoms with E-state index in [1.54, 1.807) is 30.3 Å². The lowest BCUT2D eigenvalue weighted by Crippen LogP contribution is -2.54. The van der Waals surface area contributed by atoms with Crippen LogP contribution in [0.1, 0.15) is 44.2 Å². The van der Waals surface area contributed by atoms with Crippen LogP contribution in [-0.2, 0) is 9.59 Å². The third-order valence-electron chi connectivity index (χ3n) is 6.17. The lowest BCUT2D eigenvalue weighted by atomic mass is 9.80. The average Bonchev–Trinajstić information content (AvgIpc) is 2.70. The first-order valence-electron chi connectivity index (χ1n) is 10.1. The second-order valence-electron chi connectivity index (χ2n) is 8.70. The zero-order valence-electron chi connectivity index (χ0n) is 17.9. The number of nitrogens with zero attached hydrogens (tertiary/aromatic N) is 2. The Morgan fingerprint density at radius 1 is 1.13 bits per heavy atom. The van der Waals surface area contributed by atoms with Crippen molar-refractivity contribution >= 4 is 46.9 Å². The number of benzene rings is 2. The second-order valence-corrected chi connectivity index (χ2v) is 9.11. The van der Waals surface area contributed by atoms with Gasteiger partial charge in [0.05, 0.1) is 5.69 Å². The molecule has 4 amide bonds. The number of nitrogens with one attached hydrogen (secondary N) is 1. The first-order chi connectivity index (χ1) is 14.6. The van der Waals surface area contributed by atoms with E-state index in [0.29, 0.717) is 16.3 Å². The first kappa shape index (κ1) is 21.1. The van der Waals surface area contributed by atoms with E-state index < -0.39 is 17.8 Å². The summed E-state index contributed by atoms with van der Waals surface area (Å²) in [6, 6.07) is 11.5. The molecular formula is C24H24ClN3O3. The molecule has 2 aliphatic rings. The van der Waals surface area contributed by atoms with Crippen LogP contribution >= 0.6 is 11.6 Å². The largest absolute Gasteiger partial charge is 0.369 e. The number of amides is 4. The summed E-state index contributed by atoms with van der Waals surface area (Å²) in [5, 5.41) is 2.68. The molecule has 31 heavy (non-hydrogen) atoms. The predicted molar refractivity (Wildman–Crippen MR) is 122 cm³/mol. The molecule has 1 fully saturated rings. The number of para-hydroxylation sites is 1. The Kier molecular flexibility index (Phi) is 5.13. The topological polar surface area (TPSA) is 69.7 Å². The first-order valence-corrected chi connectivity index (χ1v) is 10.5. The van der Waals surface area contributed by atoms with Crippen molar-refractivity contribution in [3.8, 4) is 0 Å². The number of urea groups is 1. The Morgan fingerprint density at radius 2 is 1.81 bits per heavy atom. The summed E-state index contributed by atoms with van der Waals surface area (Å²) in [4.78, 5) is 41.1. The van der Waals surface area contributed by atoms with E-state index in [0.717, 1.165) is 22.6 Å². The van der Waals surface area contributed by atoms with Crippen molar-refractivity contribution in [2.45, 2.75) is 38.6 Å². The molecule has 4 rings (SSSR count). The van der Waals surface area contributed by atoms with Gasteiger partial charge in [0.2, 0.25) is 0 Å². The Bertz CT molecular complexity index is 1120. The number of hydrogen-bond donors (Lipinski definition) is 1. The lowest BCUT2D eigenvalue weighted by Gasteiger charge is -2.45. The molecule has 1 N–H and O–H groups in total. The van der Waals surface area contributed by atoms with Gasteiger partial charge in [0, 0.05) is 23.3 Å². The number of fused-ring (bicyclic) bond motifs is 1. The summed E-state index contributed by atoms with van der Waals surface area (Å²) in [6.45, 7) is 6.54. The van der Waals surface area contributed by atoms with Gasteiger partial charge in [-0.25, -0.2) is 9.69 Å². The van der Waals surface area contributed by atoms with Crippen LogP contribution in [0.3, 0.4) is 0 Å². The molecule has 1 atom stereocenters. The summed E-state index contributed by atoms with van der Waals surface area (Å²) in [5.41, 5.74) is 2.96. The van der Waals surface area contributed by atoms with Crippen LogP contribution < -0.4 is 15.1 Å². The van der Waals surface area contributed by atoms with Gasteiger partial charge in [-0.05, 0) is 67.7 Å². The van der Waals surface area contributed by atoms with Crippen LogP contribution in [0.15, 0.2) is 48.0 Å². The molecule has 6 nitrogen and oxygen atoms in total. The van der Waals surface area contributed by atoms with Crippen LogP contribution in [0.5, 0.6) is 0 Å². The number of anilines is 2. The Morgan fingerprint density at radius 3 is 2.48 bits per heavy atom. The number of imide groups is 2. The van der Waals surface area contributed by atoms with Gasteiger partial charge in [-0.15, -0.1) is 0 Å². The summed E-state index contributed by atoms with van der Waals surface area (Å²) in [6.07, 6.45) is 2.43. The van der Waals surface area contributed by atoms with Crippen LogP contribution in [0.4, 0.5) is 16.2 Å². The van der Waals surface area contributed by atoms with Gasteiger partial charge in [-0.1, -0.05) is 36.7 Å². The number of halogens is 1. The summed E-state index contributed by atoms with van der Waals surface area (Å²) in [5.74, 6) is -1.13. The predicted octanol–water partition coefficient (Wildman–Crippen LogP) is 4.73. The fraction of sp³-hybridized carbons (Fsp3) is 0.292. The van der Waals surface area contributed by atoms with Crippen molar-refractivity contribution in [1.82, 2.24) is 5.32 Å². The fourth-order valence-electron chi connectivity index (χ4n) is 4.34. The fourth-order valence-corrected chi connectivity index (χ4v) is 4.55. The molecule has 2 aliphatic heterocycles. The average molecular weight is 438 g/mol. The summed E-state index contributed by atoms with van der Waals surface area (Å²) in [7, 11) is 2.04. The van der Waals surface area contributed by atoms with Crippen molar-refractivity contribution in [3.63, 3.8) is 0 Å². The van der Waals surface area contributed by atoms with Crippen LogP contribution in [-0.4, -0.2) is 30.4 Å². The second kappa shape index (κ2) is 7.54. The van der Waals surface area contributed by atoms with Gasteiger partial charge < -0.3 is 4.90 Å². The highest BCUT2D eigenvalue weighted by molar-refractivity contribution is 6.40. The SMILES string of the molecule is CC1CC(C)(C)N(C)c2cc(Cl)c(/C=C3/C(=O)NC(=O)N(c4ccccc4)C3=O)cc21. The molecule has 2 heterocycles. The zero-order valence-corrected chi connectivity index (χ0v) is 18.7. The Hall–Kier alpha value is -3.12. The number of carbonyl (C=O) groups excluding carboxylic acids is 3. The molecule has 0 spiro atoms. The number of hydrogen-bond acceptors (Lipinski definition) is 4. The van der Waals surface area contributed by atoms with Crippen molar-refractivity contribution in [3.05, 3.63) is 64.2 Å². The number of carbonyl (C=O) groups is 3. The normalized spacial score (nSPS) is 21.9. The highest BCUT2D eigenvalue weighted by Crippen LogP contribution is 2.44. The van der Waals surface area contributed by atoms with Gasteiger partial charge in [0.25, 0.3) is 11.8 Å². The van der Waals surface area contributed by atoms with Crippen LogP contribution in [0.25, 0.3) is 6.08 Å². The van der Waals surface area contributed by atoms with Gasteiger partial charge in [0.1, 0.15) is 5.57 Å². The standard InChI is InChI=1S/C24H24ClN3O3/c1-14-13-24(2,3)27(4)20-12-19(25)15(10-17(14)20)11-18-21(29)26-23(31)28(22(18)30)16-8-6-5-7-9-16/h5-12,14H,13H2,1-4H3,(H,26,29,31)/b18-11-. The summed E-state index contributed by atoms with van der Waals surface area (Å²) < 4.78 is 0. The quantitative estimate of drug-likeness (QED) is 0.544. The minimum Gasteiger partial charge on any atom is -0.369 e. The summed E-state index contributed by atoms with van der Waals surface area (Å²) >= 11 is 6.57. The third kappa shape index (κ3) is 3.61. The Balaban J connectivity index is 1.78.